The van der Waals surface area contributed by atoms with Crippen LogP contribution >= 0.6 is 26.6 Å². The number of nitrogens with one attached hydrogen (secondary N) is 2. The number of alkyl halides is 13. The Hall–Kier alpha value is -4.85. The van der Waals surface area contributed by atoms with E-state index < -0.39 is 103 Å². The van der Waals surface area contributed by atoms with Crippen molar-refractivity contribution < 1.29 is 115 Å². The van der Waals surface area contributed by atoms with E-state index in [1.807, 2.05) is 25.7 Å². The maximum absolute atomic E-state index is 13.2. The van der Waals surface area contributed by atoms with Crippen molar-refractivity contribution in [2.24, 2.45) is 22.7 Å². The first-order chi connectivity index (χ1) is 53.8. The molecule has 652 valence electrons. The number of amides is 2. The van der Waals surface area contributed by atoms with Crippen LogP contribution in [0.15, 0.2) is 117 Å². The third kappa shape index (κ3) is 25.2. The van der Waals surface area contributed by atoms with Gasteiger partial charge in [-0.2, -0.15) is 65.6 Å². The molecule has 0 radical (unpaired) electrons. The Labute approximate surface area is 684 Å². The van der Waals surface area contributed by atoms with Crippen molar-refractivity contribution in [2.45, 2.75) is 199 Å². The first kappa shape index (κ1) is 95.0. The van der Waals surface area contributed by atoms with Gasteiger partial charge >= 0.3 is 24.7 Å². The van der Waals surface area contributed by atoms with Crippen molar-refractivity contribution in [3.63, 3.8) is 0 Å². The Morgan fingerprint density at radius 3 is 0.983 bits per heavy atom. The van der Waals surface area contributed by atoms with E-state index in [-0.39, 0.29) is 74.2 Å². The van der Waals surface area contributed by atoms with E-state index in [0.717, 1.165) is 155 Å². The van der Waals surface area contributed by atoms with E-state index >= 15 is 0 Å². The van der Waals surface area contributed by atoms with E-state index in [4.69, 9.17) is 29.6 Å². The number of hydrogen-bond acceptors (Lipinski definition) is 17. The van der Waals surface area contributed by atoms with Gasteiger partial charge < -0.3 is 39.0 Å². The van der Waals surface area contributed by atoms with Gasteiger partial charge in [-0.15, -0.1) is 0 Å². The van der Waals surface area contributed by atoms with Gasteiger partial charge in [0.25, 0.3) is 9.05 Å². The van der Waals surface area contributed by atoms with Gasteiger partial charge in [0.15, 0.2) is 0 Å². The fourth-order valence-corrected chi connectivity index (χ4v) is 21.3. The van der Waals surface area contributed by atoms with Crippen molar-refractivity contribution in [3.05, 3.63) is 119 Å². The second kappa shape index (κ2) is 37.5. The third-order valence-corrected chi connectivity index (χ3v) is 29.6. The lowest BCUT2D eigenvalue weighted by atomic mass is 9.90. The zero-order valence-electron chi connectivity index (χ0n) is 65.3. The standard InChI is InChI=1S/C20H27F3N2O4S.C18H23F3N2O3S.C14H17F3N2O3S.C13H24N2O2.C7H4ClF3O2S.C4H7Br/c1-18(2,3)14-17(26)24-10-8-19(9-11-24)25(12-13-29-19)30(27,28)16-6-4-15(5-7-16)20(21,22)23;19-18(20,21)15-3-5-16(6-4-15)27(24,25)23-11-12-26-17(23)7-9-22(10-8-17)13-14-1-2-14;15-14(16,17)11-1-3-12(4-2-11)23(20,21)19-9-10-22-13(19)5-7-18-8-6-13;1-12(2,3)10-11(16)15-7-4-13(5-8-15)14-6-9-17-13;8-14(12,13)6-3-1-5(2-4-6)7(9,10)11;5-3-4-1-2-4/h4-7H,8-14H2,1-3H3;3-6,14H,1-2,7-13H2;1-4,18H,5-10H2;14H,4-10H2,1-3H3;1-4H;4H,1-3H2. The molecular weight excluding hydrogens is 1720 g/mol. The van der Waals surface area contributed by atoms with Crippen LogP contribution in [0, 0.1) is 22.7 Å². The molecule has 10 aliphatic rings. The highest BCUT2D eigenvalue weighted by molar-refractivity contribution is 9.09. The quantitative estimate of drug-likeness (QED) is 0.0760. The minimum absolute atomic E-state index is 0.0208. The van der Waals surface area contributed by atoms with E-state index in [1.54, 1.807) is 4.90 Å². The van der Waals surface area contributed by atoms with Gasteiger partial charge in [-0.05, 0) is 159 Å². The van der Waals surface area contributed by atoms with E-state index in [2.05, 4.69) is 52.2 Å². The average Bonchev–Trinajstić information content (AvgIpc) is 1.52. The van der Waals surface area contributed by atoms with E-state index in [0.29, 0.717) is 103 Å². The summed E-state index contributed by atoms with van der Waals surface area (Å²) in [5.74, 6) is 2.13. The second-order valence-electron chi connectivity index (χ2n) is 32.7. The van der Waals surface area contributed by atoms with Crippen LogP contribution in [0.25, 0.3) is 0 Å². The zero-order valence-corrected chi connectivity index (χ0v) is 71.0. The van der Waals surface area contributed by atoms with Crippen molar-refractivity contribution in [2.75, 3.05) is 117 Å². The van der Waals surface area contributed by atoms with Gasteiger partial charge in [-0.25, -0.2) is 33.7 Å². The lowest BCUT2D eigenvalue weighted by molar-refractivity contribution is -0.142. The molecule has 40 heteroatoms. The number of ether oxygens (including phenoxy) is 4. The molecule has 0 bridgehead atoms. The molecule has 8 saturated heterocycles. The lowest BCUT2D eigenvalue weighted by Crippen LogP contribution is -2.55. The highest BCUT2D eigenvalue weighted by Gasteiger charge is 2.54. The summed E-state index contributed by atoms with van der Waals surface area (Å²) in [6.07, 6.45) is -6.81. The van der Waals surface area contributed by atoms with Crippen LogP contribution in [0.1, 0.15) is 154 Å². The van der Waals surface area contributed by atoms with Gasteiger partial charge in [0.05, 0.1) is 68.3 Å². The molecule has 0 aromatic heterocycles. The Morgan fingerprint density at radius 2 is 0.716 bits per heavy atom. The molecule has 116 heavy (non-hydrogen) atoms. The molecule has 0 unspecified atom stereocenters. The minimum atomic E-state index is -4.54. The Balaban J connectivity index is 0.000000166. The first-order valence-electron chi connectivity index (χ1n) is 38.3. The summed E-state index contributed by atoms with van der Waals surface area (Å²) in [7, 11) is -10.9. The predicted octanol–water partition coefficient (Wildman–Crippen LogP) is 14.0. The molecule has 2 N–H and O–H groups in total. The SMILES string of the molecule is BrCC1CC1.CC(C)(C)CC(=O)N1CCC2(CC1)NCCO2.CC(C)(C)CC(=O)N1CCC2(CC1)OCCN2S(=O)(=O)c1ccc(C(F)(F)F)cc1.O=S(=O)(Cl)c1ccc(C(F)(F)F)cc1.O=S(=O)(c1ccc(C(F)(F)F)cc1)N1CCOC12CCN(CC1CC1)CC2.O=S(=O)(c1ccc(C(F)(F)F)cc1)N1CCOC12CCNCC2. The molecule has 2 saturated carbocycles. The molecule has 8 aliphatic heterocycles. The minimum Gasteiger partial charge on any atom is -0.359 e. The number of carbonyl (C=O) groups is 2. The van der Waals surface area contributed by atoms with Gasteiger partial charge in [0, 0.05) is 152 Å². The smallest absolute Gasteiger partial charge is 0.359 e. The second-order valence-corrected chi connectivity index (χ2v) is 41.5. The normalized spacial score (nSPS) is 21.7. The summed E-state index contributed by atoms with van der Waals surface area (Å²) in [6, 6.07) is 13.7. The summed E-state index contributed by atoms with van der Waals surface area (Å²) in [4.78, 5) is 29.8. The van der Waals surface area contributed by atoms with Crippen molar-refractivity contribution in [1.82, 2.24) is 38.2 Å². The Morgan fingerprint density at radius 1 is 0.414 bits per heavy atom. The van der Waals surface area contributed by atoms with Gasteiger partial charge in [0.2, 0.25) is 41.9 Å². The van der Waals surface area contributed by atoms with Crippen LogP contribution in [0.5, 0.6) is 0 Å². The molecule has 2 aliphatic carbocycles. The summed E-state index contributed by atoms with van der Waals surface area (Å²) in [5.41, 5.74) is -6.57. The van der Waals surface area contributed by atoms with Crippen molar-refractivity contribution in [1.29, 1.82) is 0 Å². The molecular formula is C76H102BrClF12N8O14S4. The third-order valence-electron chi connectivity index (χ3n) is 21.4. The Bertz CT molecular complexity index is 4410. The Kier molecular flexibility index (Phi) is 30.7. The molecule has 10 fully saturated rings. The predicted molar refractivity (Wildman–Crippen MR) is 410 cm³/mol. The maximum atomic E-state index is 13.2. The first-order valence-corrected chi connectivity index (χ1v) is 46.1. The van der Waals surface area contributed by atoms with Gasteiger partial charge in [0.1, 0.15) is 22.9 Å². The number of rotatable bonds is 12. The number of benzene rings is 4. The highest BCUT2D eigenvalue weighted by Crippen LogP contribution is 2.44. The number of piperidine rings is 4. The fraction of sp³-hybridized carbons (Fsp3) is 0.658. The summed E-state index contributed by atoms with van der Waals surface area (Å²) < 4.78 is 277. The largest absolute Gasteiger partial charge is 0.416 e. The number of sulfonamides is 3. The molecule has 4 aromatic carbocycles. The van der Waals surface area contributed by atoms with Gasteiger partial charge in [-0.3, -0.25) is 14.9 Å². The van der Waals surface area contributed by atoms with Crippen LogP contribution in [0.2, 0.25) is 0 Å². The molecule has 2 amide bonds. The topological polar surface area (TPSA) is 251 Å². The van der Waals surface area contributed by atoms with Crippen LogP contribution in [0.3, 0.4) is 0 Å². The van der Waals surface area contributed by atoms with Crippen LogP contribution in [0.4, 0.5) is 52.7 Å². The number of carbonyl (C=O) groups excluding carboxylic acids is 2. The van der Waals surface area contributed by atoms with Crippen LogP contribution < -0.4 is 10.6 Å². The molecule has 4 spiro atoms. The average molecular weight is 1820 g/mol. The molecule has 22 nitrogen and oxygen atoms in total. The van der Waals surface area contributed by atoms with Crippen molar-refractivity contribution >= 4 is 77.5 Å². The molecule has 14 rings (SSSR count). The lowest BCUT2D eigenvalue weighted by Gasteiger charge is -2.43. The molecule has 4 aromatic rings. The number of nitrogens with zero attached hydrogens (tertiary/aromatic N) is 6. The van der Waals surface area contributed by atoms with Crippen LogP contribution in [-0.4, -0.2) is 213 Å². The molecule has 8 heterocycles. The monoisotopic (exact) mass is 1820 g/mol. The summed E-state index contributed by atoms with van der Waals surface area (Å²) in [6.45, 7) is 21.6. The zero-order chi connectivity index (χ0) is 85.6. The van der Waals surface area contributed by atoms with Crippen LogP contribution in [-0.2, 0) is 92.4 Å². The highest BCUT2D eigenvalue weighted by atomic mass is 79.9. The van der Waals surface area contributed by atoms with Gasteiger partial charge in [-0.1, -0.05) is 57.5 Å². The number of halogens is 14. The van der Waals surface area contributed by atoms with Crippen molar-refractivity contribution in [3.8, 4) is 0 Å². The van der Waals surface area contributed by atoms with E-state index in [1.165, 1.54) is 43.9 Å². The summed E-state index contributed by atoms with van der Waals surface area (Å²) in [5, 5.41) is 7.79. The van der Waals surface area contributed by atoms with E-state index in [9.17, 15) is 95.9 Å². The fourth-order valence-electron chi connectivity index (χ4n) is 14.7. The molecule has 0 atom stereocenters. The number of hydrogen-bond donors (Lipinski definition) is 2. The summed E-state index contributed by atoms with van der Waals surface area (Å²) >= 11 is 3.38. The number of likely N-dealkylation sites (tertiary alicyclic amines) is 3. The maximum Gasteiger partial charge on any atom is 0.416 e.